The molecule has 0 radical (unpaired) electrons. The molecule has 4 aliphatic heterocycles. The van der Waals surface area contributed by atoms with Crippen LogP contribution in [0.1, 0.15) is 95.6 Å². The smallest absolute Gasteiger partial charge is 0.302 e. The Morgan fingerprint density at radius 2 is 1.58 bits per heavy atom. The molecule has 328 valence electrons. The summed E-state index contributed by atoms with van der Waals surface area (Å²) in [5.41, 5.74) is -0.287. The van der Waals surface area contributed by atoms with Crippen molar-refractivity contribution in [3.63, 3.8) is 0 Å². The predicted molar refractivity (Wildman–Crippen MR) is 221 cm³/mol. The highest BCUT2D eigenvalue weighted by Crippen LogP contribution is 2.55. The van der Waals surface area contributed by atoms with Crippen molar-refractivity contribution in [2.24, 2.45) is 34.7 Å². The second-order valence-electron chi connectivity index (χ2n) is 17.1. The number of benzene rings is 2. The molecule has 4 aliphatic rings. The number of hydrazone groups is 1. The molecule has 0 saturated carbocycles. The summed E-state index contributed by atoms with van der Waals surface area (Å²) in [6, 6.07) is 0. The van der Waals surface area contributed by atoms with Gasteiger partial charge in [-0.25, -0.2) is 0 Å². The minimum Gasteiger partial charge on any atom is -0.507 e. The SMILES string of the molecule is CO[C@H]1CCO[C@@]2(C)Oc3c(C)c(O)c4c(O)c(c(/C=N/N5CCN(C)CC5)c(O)c4c3C2=O)NC(=O)C(C)CCC[C@@H](C)[C@@H](O)[C@@H](C)[C@H](O)[C@H](C)[C@H](OC(C)=O)[C@@H]1C. The number of hydrogen-bond donors (Lipinski definition) is 6. The molecule has 5 bridgehead atoms. The summed E-state index contributed by atoms with van der Waals surface area (Å²) in [7, 11) is 3.50. The summed E-state index contributed by atoms with van der Waals surface area (Å²) in [5, 5.41) is 67.4. The summed E-state index contributed by atoms with van der Waals surface area (Å²) in [6.45, 7) is 15.7. The van der Waals surface area contributed by atoms with Crippen LogP contribution >= 0.6 is 0 Å². The Labute approximate surface area is 346 Å². The number of phenolic OH excluding ortho intramolecular Hbond substituents is 3. The van der Waals surface area contributed by atoms with Crippen molar-refractivity contribution in [3.05, 3.63) is 16.7 Å². The van der Waals surface area contributed by atoms with Crippen LogP contribution in [0.3, 0.4) is 0 Å². The number of amides is 1. The number of Topliss-reactive ketones (excluding diaryl/α,β-unsaturated/α-hetero) is 1. The first-order valence-corrected chi connectivity index (χ1v) is 20.7. The van der Waals surface area contributed by atoms with Crippen molar-refractivity contribution in [1.29, 1.82) is 0 Å². The Morgan fingerprint density at radius 3 is 2.20 bits per heavy atom. The van der Waals surface area contributed by atoms with Gasteiger partial charge in [-0.1, -0.05) is 41.0 Å². The number of rotatable bonds is 4. The molecule has 0 aliphatic carbocycles. The maximum absolute atomic E-state index is 14.5. The van der Waals surface area contributed by atoms with E-state index in [0.717, 1.165) is 13.1 Å². The molecular weight excluding hydrogens is 764 g/mol. The molecule has 16 heteroatoms. The third-order valence-electron chi connectivity index (χ3n) is 12.9. The monoisotopic (exact) mass is 828 g/mol. The molecular formula is C43H64N4O12. The lowest BCUT2D eigenvalue weighted by atomic mass is 9.77. The molecule has 1 unspecified atom stereocenters. The Kier molecular flexibility index (Phi) is 14.4. The fraction of sp³-hybridized carbons (Fsp3) is 0.674. The lowest BCUT2D eigenvalue weighted by Crippen LogP contribution is -2.47. The average molecular weight is 829 g/mol. The number of nitrogens with one attached hydrogen (secondary N) is 1. The average Bonchev–Trinajstić information content (AvgIpc) is 3.46. The van der Waals surface area contributed by atoms with Crippen molar-refractivity contribution in [3.8, 4) is 23.0 Å². The fourth-order valence-corrected chi connectivity index (χ4v) is 8.77. The quantitative estimate of drug-likeness (QED) is 0.108. The Bertz CT molecular complexity index is 1920. The summed E-state index contributed by atoms with van der Waals surface area (Å²) >= 11 is 0. The summed E-state index contributed by atoms with van der Waals surface area (Å²) < 4.78 is 24.0. The van der Waals surface area contributed by atoms with E-state index >= 15 is 0 Å². The lowest BCUT2D eigenvalue weighted by Gasteiger charge is -2.39. The maximum atomic E-state index is 14.5. The first-order chi connectivity index (χ1) is 27.7. The third-order valence-corrected chi connectivity index (χ3v) is 12.9. The normalized spacial score (nSPS) is 32.1. The van der Waals surface area contributed by atoms with Crippen LogP contribution in [0.4, 0.5) is 5.69 Å². The van der Waals surface area contributed by atoms with Gasteiger partial charge in [0.2, 0.25) is 11.7 Å². The second kappa shape index (κ2) is 18.6. The van der Waals surface area contributed by atoms with Crippen molar-refractivity contribution < 1.29 is 58.9 Å². The van der Waals surface area contributed by atoms with Gasteiger partial charge < -0.3 is 54.7 Å². The summed E-state index contributed by atoms with van der Waals surface area (Å²) in [6.07, 6.45) is -0.413. The molecule has 6 rings (SSSR count). The first-order valence-electron chi connectivity index (χ1n) is 20.7. The minimum absolute atomic E-state index is 0.0463. The van der Waals surface area contributed by atoms with Gasteiger partial charge in [-0.15, -0.1) is 0 Å². The molecule has 6 N–H and O–H groups in total. The highest BCUT2D eigenvalue weighted by molar-refractivity contribution is 6.23. The standard InChI is InChI=1S/C43H64N4O12/c1-21-12-11-13-22(2)42(55)45-33-28(20-44-47-17-15-46(9)16-18-47)37(52)30-31(38(33)53)36(51)26(6)40-32(30)41(54)43(8,59-40)57-19-14-29(56-10)23(3)39(58-27(7)48)25(5)35(50)24(4)34(21)49/h20-25,29,34-35,39,49-53H,11-19H2,1-10H3,(H,45,55)/b44-20+/t21-,22?,23-,24-,25+,29+,34-,35+,39-,43+/m1/s1. The van der Waals surface area contributed by atoms with Gasteiger partial charge in [-0.05, 0) is 39.2 Å². The number of anilines is 1. The van der Waals surface area contributed by atoms with Gasteiger partial charge in [0.25, 0.3) is 5.79 Å². The number of carbonyl (C=O) groups excluding carboxylic acids is 3. The Hall–Kier alpha value is -4.22. The second-order valence-corrected chi connectivity index (χ2v) is 17.1. The van der Waals surface area contributed by atoms with Gasteiger partial charge in [0.15, 0.2) is 5.75 Å². The minimum atomic E-state index is -1.94. The molecule has 16 nitrogen and oxygen atoms in total. The molecule has 1 amide bonds. The van der Waals surface area contributed by atoms with Crippen LogP contribution < -0.4 is 10.1 Å². The van der Waals surface area contributed by atoms with E-state index in [1.807, 2.05) is 20.9 Å². The van der Waals surface area contributed by atoms with Gasteiger partial charge in [-0.2, -0.15) is 5.10 Å². The van der Waals surface area contributed by atoms with E-state index < -0.39 is 88.8 Å². The van der Waals surface area contributed by atoms with E-state index in [0.29, 0.717) is 32.4 Å². The number of hydrogen-bond acceptors (Lipinski definition) is 15. The number of nitrogens with zero attached hydrogens (tertiary/aromatic N) is 3. The number of aromatic hydroxyl groups is 3. The van der Waals surface area contributed by atoms with Crippen LogP contribution in [0.25, 0.3) is 10.8 Å². The zero-order chi connectivity index (χ0) is 43.7. The highest BCUT2D eigenvalue weighted by Gasteiger charge is 2.49. The number of aliphatic hydroxyl groups is 2. The van der Waals surface area contributed by atoms with E-state index in [1.54, 1.807) is 25.8 Å². The lowest BCUT2D eigenvalue weighted by molar-refractivity contribution is -0.164. The Morgan fingerprint density at radius 1 is 0.915 bits per heavy atom. The van der Waals surface area contributed by atoms with E-state index in [2.05, 4.69) is 15.3 Å². The van der Waals surface area contributed by atoms with Crippen molar-refractivity contribution in [1.82, 2.24) is 9.91 Å². The molecule has 59 heavy (non-hydrogen) atoms. The zero-order valence-corrected chi connectivity index (χ0v) is 36.1. The van der Waals surface area contributed by atoms with Gasteiger partial charge in [0.05, 0.1) is 53.3 Å². The first kappa shape index (κ1) is 45.9. The van der Waals surface area contributed by atoms with E-state index in [4.69, 9.17) is 18.9 Å². The van der Waals surface area contributed by atoms with Crippen LogP contribution in [0, 0.1) is 36.5 Å². The van der Waals surface area contributed by atoms with E-state index in [1.165, 1.54) is 34.1 Å². The molecule has 1 fully saturated rings. The number of ketones is 1. The number of likely N-dealkylation sites (N-methyl/N-ethyl adjacent to an activating group) is 1. The Balaban J connectivity index is 1.62. The van der Waals surface area contributed by atoms with Gasteiger partial charge in [0.1, 0.15) is 23.4 Å². The maximum Gasteiger partial charge on any atom is 0.302 e. The number of aliphatic hydroxyl groups excluding tert-OH is 2. The van der Waals surface area contributed by atoms with Crippen LogP contribution in [-0.4, -0.2) is 136 Å². The van der Waals surface area contributed by atoms with Crippen molar-refractivity contribution >= 4 is 40.3 Å². The third kappa shape index (κ3) is 9.26. The molecule has 4 heterocycles. The number of piperazine rings is 1. The number of methoxy groups -OCH3 is 1. The van der Waals surface area contributed by atoms with Crippen LogP contribution in [0.15, 0.2) is 5.10 Å². The number of phenols is 3. The number of carbonyl (C=O) groups is 3. The van der Waals surface area contributed by atoms with Crippen LogP contribution in [0.5, 0.6) is 23.0 Å². The van der Waals surface area contributed by atoms with Crippen molar-refractivity contribution in [2.45, 2.75) is 111 Å². The summed E-state index contributed by atoms with van der Waals surface area (Å²) in [5.74, 6) is -7.83. The molecule has 0 aromatic heterocycles. The largest absolute Gasteiger partial charge is 0.507 e. The molecule has 0 spiro atoms. The molecule has 2 aromatic rings. The molecule has 10 atom stereocenters. The zero-order valence-electron chi connectivity index (χ0n) is 36.1. The number of esters is 1. The molecule has 1 saturated heterocycles. The van der Waals surface area contributed by atoms with E-state index in [-0.39, 0.29) is 57.8 Å². The topological polar surface area (TPSA) is 220 Å². The van der Waals surface area contributed by atoms with Crippen LogP contribution in [0.2, 0.25) is 0 Å². The fourth-order valence-electron chi connectivity index (χ4n) is 8.77. The van der Waals surface area contributed by atoms with E-state index in [9.17, 15) is 39.9 Å². The molecule has 2 aromatic carbocycles. The number of ether oxygens (including phenoxy) is 4. The van der Waals surface area contributed by atoms with Gasteiger partial charge >= 0.3 is 5.97 Å². The highest BCUT2D eigenvalue weighted by atomic mass is 16.7. The number of fused-ring (bicyclic) bond motifs is 17. The van der Waals surface area contributed by atoms with Crippen molar-refractivity contribution in [2.75, 3.05) is 52.3 Å². The van der Waals surface area contributed by atoms with Gasteiger partial charge in [-0.3, -0.25) is 19.4 Å². The summed E-state index contributed by atoms with van der Waals surface area (Å²) in [4.78, 5) is 42.8. The predicted octanol–water partition coefficient (Wildman–Crippen LogP) is 4.52. The van der Waals surface area contributed by atoms with Crippen LogP contribution in [-0.2, 0) is 23.8 Å². The van der Waals surface area contributed by atoms with Gasteiger partial charge in [0, 0.05) is 81.8 Å².